The molecule has 2 aromatic rings. The van der Waals surface area contributed by atoms with Gasteiger partial charge in [-0.1, -0.05) is 26.0 Å². The fourth-order valence-corrected chi connectivity index (χ4v) is 3.83. The van der Waals surface area contributed by atoms with Crippen molar-refractivity contribution in [3.8, 4) is 0 Å². The molecule has 1 aliphatic heterocycles. The van der Waals surface area contributed by atoms with E-state index in [0.29, 0.717) is 11.8 Å². The molecule has 130 valence electrons. The highest BCUT2D eigenvalue weighted by atomic mass is 16.2. The number of carbonyl (C=O) groups excluding carboxylic acids is 1. The van der Waals surface area contributed by atoms with Crippen LogP contribution in [0.2, 0.25) is 0 Å². The summed E-state index contributed by atoms with van der Waals surface area (Å²) in [5, 5.41) is 0. The van der Waals surface area contributed by atoms with Crippen LogP contribution in [0.3, 0.4) is 0 Å². The van der Waals surface area contributed by atoms with Gasteiger partial charge in [-0.15, -0.1) is 0 Å². The summed E-state index contributed by atoms with van der Waals surface area (Å²) >= 11 is 0. The number of H-pyrrole nitrogens is 1. The summed E-state index contributed by atoms with van der Waals surface area (Å²) in [6.45, 7) is 5.86. The lowest BCUT2D eigenvalue weighted by atomic mass is 9.94. The molecule has 1 aliphatic rings. The predicted molar refractivity (Wildman–Crippen MR) is 97.0 cm³/mol. The molecule has 1 saturated heterocycles. The Morgan fingerprint density at radius 2 is 1.92 bits per heavy atom. The van der Waals surface area contributed by atoms with E-state index in [9.17, 15) is 4.79 Å². The number of rotatable bonds is 4. The number of amides is 1. The van der Waals surface area contributed by atoms with Crippen molar-refractivity contribution in [1.82, 2.24) is 19.8 Å². The van der Waals surface area contributed by atoms with E-state index >= 15 is 0 Å². The van der Waals surface area contributed by atoms with Crippen molar-refractivity contribution < 1.29 is 4.79 Å². The van der Waals surface area contributed by atoms with E-state index in [4.69, 9.17) is 4.98 Å². The highest BCUT2D eigenvalue weighted by Gasteiger charge is 2.32. The number of imidazole rings is 1. The van der Waals surface area contributed by atoms with Gasteiger partial charge in [0.25, 0.3) is 0 Å². The topological polar surface area (TPSA) is 52.2 Å². The molecule has 0 spiro atoms. The number of para-hydroxylation sites is 2. The Morgan fingerprint density at radius 3 is 2.50 bits per heavy atom. The predicted octanol–water partition coefficient (Wildman–Crippen LogP) is 2.86. The second kappa shape index (κ2) is 6.93. The molecule has 1 aromatic carbocycles. The largest absolute Gasteiger partial charge is 0.342 e. The first-order chi connectivity index (χ1) is 11.5. The summed E-state index contributed by atoms with van der Waals surface area (Å²) in [6, 6.07) is 8.11. The molecule has 3 rings (SSSR count). The Hall–Kier alpha value is -1.88. The van der Waals surface area contributed by atoms with Gasteiger partial charge in [0.15, 0.2) is 0 Å². The first kappa shape index (κ1) is 17.0. The van der Waals surface area contributed by atoms with Crippen LogP contribution in [0, 0.1) is 5.92 Å². The van der Waals surface area contributed by atoms with Crippen LogP contribution in [0.25, 0.3) is 11.0 Å². The van der Waals surface area contributed by atoms with Gasteiger partial charge in [-0.2, -0.15) is 0 Å². The third-order valence-corrected chi connectivity index (χ3v) is 5.04. The van der Waals surface area contributed by atoms with Crippen LogP contribution in [0.4, 0.5) is 0 Å². The highest BCUT2D eigenvalue weighted by Crippen LogP contribution is 2.28. The van der Waals surface area contributed by atoms with Crippen LogP contribution in [0.15, 0.2) is 24.3 Å². The molecule has 5 nitrogen and oxygen atoms in total. The molecular weight excluding hydrogens is 300 g/mol. The summed E-state index contributed by atoms with van der Waals surface area (Å²) in [4.78, 5) is 25.1. The molecule has 24 heavy (non-hydrogen) atoms. The quantitative estimate of drug-likeness (QED) is 0.939. The van der Waals surface area contributed by atoms with Crippen molar-refractivity contribution >= 4 is 16.9 Å². The molecule has 2 heterocycles. The standard InChI is InChI=1S/C19H28N4O/c1-13(2)17(22(3)4)19(24)23-11-9-14(10-12-23)18-20-15-7-5-6-8-16(15)21-18/h5-8,13-14,17H,9-12H2,1-4H3,(H,20,21)/t17-/m0/s1. The molecule has 0 radical (unpaired) electrons. The monoisotopic (exact) mass is 328 g/mol. The fourth-order valence-electron chi connectivity index (χ4n) is 3.83. The Kier molecular flexibility index (Phi) is 4.90. The van der Waals surface area contributed by atoms with Crippen molar-refractivity contribution in [2.75, 3.05) is 27.2 Å². The molecule has 0 aliphatic carbocycles. The summed E-state index contributed by atoms with van der Waals surface area (Å²) in [7, 11) is 3.98. The lowest BCUT2D eigenvalue weighted by molar-refractivity contribution is -0.138. The van der Waals surface area contributed by atoms with Crippen LogP contribution >= 0.6 is 0 Å². The number of aromatic amines is 1. The van der Waals surface area contributed by atoms with E-state index in [-0.39, 0.29) is 11.9 Å². The van der Waals surface area contributed by atoms with Gasteiger partial charge in [-0.05, 0) is 45.0 Å². The number of aromatic nitrogens is 2. The number of likely N-dealkylation sites (N-methyl/N-ethyl adjacent to an activating group) is 1. The van der Waals surface area contributed by atoms with Gasteiger partial charge in [0.05, 0.1) is 17.1 Å². The Labute approximate surface area is 144 Å². The summed E-state index contributed by atoms with van der Waals surface area (Å²) in [5.41, 5.74) is 2.12. The third-order valence-electron chi connectivity index (χ3n) is 5.04. The number of hydrogen-bond donors (Lipinski definition) is 1. The second-order valence-electron chi connectivity index (χ2n) is 7.39. The number of nitrogens with zero attached hydrogens (tertiary/aromatic N) is 3. The van der Waals surface area contributed by atoms with Crippen LogP contribution in [0.1, 0.15) is 38.4 Å². The zero-order chi connectivity index (χ0) is 17.3. The average molecular weight is 328 g/mol. The Morgan fingerprint density at radius 1 is 1.25 bits per heavy atom. The van der Waals surface area contributed by atoms with Crippen molar-refractivity contribution in [2.45, 2.75) is 38.6 Å². The number of likely N-dealkylation sites (tertiary alicyclic amines) is 1. The van der Waals surface area contributed by atoms with Gasteiger partial charge < -0.3 is 9.88 Å². The van der Waals surface area contributed by atoms with Gasteiger partial charge in [-0.3, -0.25) is 9.69 Å². The van der Waals surface area contributed by atoms with Gasteiger partial charge in [-0.25, -0.2) is 4.98 Å². The molecule has 0 unspecified atom stereocenters. The number of piperidine rings is 1. The Bertz CT molecular complexity index is 657. The lowest BCUT2D eigenvalue weighted by Crippen LogP contribution is -2.50. The van der Waals surface area contributed by atoms with Gasteiger partial charge >= 0.3 is 0 Å². The minimum absolute atomic E-state index is 0.0345. The minimum atomic E-state index is -0.0345. The van der Waals surface area contributed by atoms with Crippen LogP contribution in [-0.4, -0.2) is 58.9 Å². The molecule has 1 N–H and O–H groups in total. The highest BCUT2D eigenvalue weighted by molar-refractivity contribution is 5.82. The number of carbonyl (C=O) groups is 1. The number of hydrogen-bond acceptors (Lipinski definition) is 3. The molecule has 0 bridgehead atoms. The molecule has 1 aromatic heterocycles. The minimum Gasteiger partial charge on any atom is -0.342 e. The van der Waals surface area contributed by atoms with Gasteiger partial charge in [0.1, 0.15) is 5.82 Å². The van der Waals surface area contributed by atoms with Crippen LogP contribution in [0.5, 0.6) is 0 Å². The number of fused-ring (bicyclic) bond motifs is 1. The molecule has 1 atom stereocenters. The maximum Gasteiger partial charge on any atom is 0.240 e. The van der Waals surface area contributed by atoms with E-state index in [1.807, 2.05) is 42.1 Å². The van der Waals surface area contributed by atoms with Crippen LogP contribution < -0.4 is 0 Å². The van der Waals surface area contributed by atoms with E-state index in [2.05, 4.69) is 24.9 Å². The van der Waals surface area contributed by atoms with Crippen molar-refractivity contribution in [3.05, 3.63) is 30.1 Å². The summed E-state index contributed by atoms with van der Waals surface area (Å²) in [5.74, 6) is 2.06. The first-order valence-corrected chi connectivity index (χ1v) is 8.87. The van der Waals surface area contributed by atoms with Gasteiger partial charge in [0, 0.05) is 19.0 Å². The second-order valence-corrected chi connectivity index (χ2v) is 7.39. The van der Waals surface area contributed by atoms with E-state index in [1.54, 1.807) is 0 Å². The zero-order valence-electron chi connectivity index (χ0n) is 15.1. The SMILES string of the molecule is CC(C)[C@@H](C(=O)N1CCC(c2nc3ccccc3[nH]2)CC1)N(C)C. The summed E-state index contributed by atoms with van der Waals surface area (Å²) in [6.07, 6.45) is 1.95. The van der Waals surface area contributed by atoms with E-state index in [1.165, 1.54) is 0 Å². The summed E-state index contributed by atoms with van der Waals surface area (Å²) < 4.78 is 0. The average Bonchev–Trinajstić information content (AvgIpc) is 2.98. The van der Waals surface area contributed by atoms with E-state index in [0.717, 1.165) is 42.8 Å². The molecule has 1 fully saturated rings. The molecule has 1 amide bonds. The molecule has 0 saturated carbocycles. The maximum absolute atomic E-state index is 12.8. The molecule has 5 heteroatoms. The molecular formula is C19H28N4O. The van der Waals surface area contributed by atoms with Gasteiger partial charge in [0.2, 0.25) is 5.91 Å². The van der Waals surface area contributed by atoms with Crippen LogP contribution in [-0.2, 0) is 4.79 Å². The van der Waals surface area contributed by atoms with Crippen molar-refractivity contribution in [1.29, 1.82) is 0 Å². The third kappa shape index (κ3) is 3.31. The lowest BCUT2D eigenvalue weighted by Gasteiger charge is -2.36. The first-order valence-electron chi connectivity index (χ1n) is 8.87. The van der Waals surface area contributed by atoms with Crippen molar-refractivity contribution in [2.24, 2.45) is 5.92 Å². The number of benzene rings is 1. The smallest absolute Gasteiger partial charge is 0.240 e. The normalized spacial score (nSPS) is 17.8. The van der Waals surface area contributed by atoms with Crippen molar-refractivity contribution in [3.63, 3.8) is 0 Å². The number of nitrogens with one attached hydrogen (secondary N) is 1. The van der Waals surface area contributed by atoms with E-state index < -0.39 is 0 Å². The zero-order valence-corrected chi connectivity index (χ0v) is 15.1. The fraction of sp³-hybridized carbons (Fsp3) is 0.579. The Balaban J connectivity index is 1.66. The maximum atomic E-state index is 12.8.